The van der Waals surface area contributed by atoms with Crippen molar-refractivity contribution < 1.29 is 9.47 Å². The lowest BCUT2D eigenvalue weighted by atomic mass is 10.1. The number of fused-ring (bicyclic) bond motifs is 1. The zero-order chi connectivity index (χ0) is 12.3. The van der Waals surface area contributed by atoms with Crippen LogP contribution >= 0.6 is 0 Å². The molecule has 0 bridgehead atoms. The Morgan fingerprint density at radius 2 is 2.24 bits per heavy atom. The topological polar surface area (TPSA) is 30.5 Å². The van der Waals surface area contributed by atoms with Gasteiger partial charge >= 0.3 is 0 Å². The van der Waals surface area contributed by atoms with Crippen molar-refractivity contribution in [3.05, 3.63) is 18.2 Å². The number of rotatable bonds is 3. The van der Waals surface area contributed by atoms with Crippen LogP contribution in [0.4, 0.5) is 5.69 Å². The molecule has 0 unspecified atom stereocenters. The lowest BCUT2D eigenvalue weighted by Gasteiger charge is -2.25. The number of anilines is 1. The molecule has 0 saturated heterocycles. The summed E-state index contributed by atoms with van der Waals surface area (Å²) in [6.07, 6.45) is 1.98. The van der Waals surface area contributed by atoms with Crippen molar-refractivity contribution in [2.45, 2.75) is 39.2 Å². The van der Waals surface area contributed by atoms with Gasteiger partial charge in [0, 0.05) is 13.0 Å². The van der Waals surface area contributed by atoms with E-state index in [2.05, 4.69) is 26.1 Å². The van der Waals surface area contributed by atoms with Gasteiger partial charge in [0.2, 0.25) is 0 Å². The zero-order valence-electron chi connectivity index (χ0n) is 10.9. The maximum atomic E-state index is 6.08. The van der Waals surface area contributed by atoms with Gasteiger partial charge in [0.15, 0.2) is 11.5 Å². The van der Waals surface area contributed by atoms with E-state index in [4.69, 9.17) is 9.47 Å². The average molecular weight is 235 g/mol. The maximum absolute atomic E-state index is 6.08. The molecule has 1 aromatic rings. The minimum atomic E-state index is -0.149. The van der Waals surface area contributed by atoms with Gasteiger partial charge in [-0.3, -0.25) is 0 Å². The Morgan fingerprint density at radius 3 is 3.00 bits per heavy atom. The van der Waals surface area contributed by atoms with Gasteiger partial charge in [-0.1, -0.05) is 13.0 Å². The fraction of sp³-hybridized carbons (Fsp3) is 0.571. The Kier molecular flexibility index (Phi) is 3.46. The van der Waals surface area contributed by atoms with Crippen LogP contribution < -0.4 is 14.8 Å². The number of hydrogen-bond donors (Lipinski definition) is 1. The molecule has 17 heavy (non-hydrogen) atoms. The molecule has 0 spiro atoms. The van der Waals surface area contributed by atoms with Crippen molar-refractivity contribution in [1.82, 2.24) is 0 Å². The Labute approximate surface area is 103 Å². The van der Waals surface area contributed by atoms with Gasteiger partial charge in [-0.05, 0) is 32.4 Å². The van der Waals surface area contributed by atoms with Gasteiger partial charge in [-0.25, -0.2) is 0 Å². The lowest BCUT2D eigenvalue weighted by Crippen LogP contribution is -2.28. The summed E-state index contributed by atoms with van der Waals surface area (Å²) >= 11 is 0. The van der Waals surface area contributed by atoms with E-state index < -0.39 is 0 Å². The number of benzene rings is 1. The Bertz CT molecular complexity index is 388. The van der Waals surface area contributed by atoms with Crippen molar-refractivity contribution in [1.29, 1.82) is 0 Å². The Morgan fingerprint density at radius 1 is 1.41 bits per heavy atom. The first-order valence-electron chi connectivity index (χ1n) is 6.31. The molecule has 0 aliphatic carbocycles. The summed E-state index contributed by atoms with van der Waals surface area (Å²) in [4.78, 5) is 0. The highest BCUT2D eigenvalue weighted by Gasteiger charge is 2.26. The fourth-order valence-corrected chi connectivity index (χ4v) is 1.91. The van der Waals surface area contributed by atoms with Gasteiger partial charge in [-0.15, -0.1) is 0 Å². The van der Waals surface area contributed by atoms with E-state index in [1.807, 2.05) is 18.2 Å². The molecule has 3 nitrogen and oxygen atoms in total. The Hall–Kier alpha value is -1.38. The molecule has 1 N–H and O–H groups in total. The summed E-state index contributed by atoms with van der Waals surface area (Å²) in [5.74, 6) is 1.69. The van der Waals surface area contributed by atoms with Crippen molar-refractivity contribution in [2.75, 3.05) is 18.5 Å². The molecule has 0 aromatic heterocycles. The van der Waals surface area contributed by atoms with Crippen molar-refractivity contribution in [2.24, 2.45) is 0 Å². The van der Waals surface area contributed by atoms with Gasteiger partial charge in [0.25, 0.3) is 0 Å². The van der Waals surface area contributed by atoms with Crippen LogP contribution in [0.3, 0.4) is 0 Å². The average Bonchev–Trinajstić information content (AvgIpc) is 2.43. The van der Waals surface area contributed by atoms with Crippen LogP contribution in [0, 0.1) is 0 Å². The molecule has 1 aliphatic heterocycles. The standard InChI is InChI=1S/C14H21NO2/c1-4-10-16-12-7-5-6-11-13(12)17-14(2,3)8-9-15-11/h5-7,15H,4,8-10H2,1-3H3. The second kappa shape index (κ2) is 4.86. The second-order valence-electron chi connectivity index (χ2n) is 5.02. The minimum absolute atomic E-state index is 0.149. The fourth-order valence-electron chi connectivity index (χ4n) is 1.91. The molecule has 2 rings (SSSR count). The van der Waals surface area contributed by atoms with Crippen LogP contribution in [-0.2, 0) is 0 Å². The molecule has 0 saturated carbocycles. The van der Waals surface area contributed by atoms with Crippen LogP contribution in [0.5, 0.6) is 11.5 Å². The van der Waals surface area contributed by atoms with E-state index in [9.17, 15) is 0 Å². The van der Waals surface area contributed by atoms with Crippen LogP contribution in [-0.4, -0.2) is 18.8 Å². The number of para-hydroxylation sites is 1. The van der Waals surface area contributed by atoms with Crippen LogP contribution in [0.2, 0.25) is 0 Å². The zero-order valence-corrected chi connectivity index (χ0v) is 10.9. The van der Waals surface area contributed by atoms with Crippen LogP contribution in [0.15, 0.2) is 18.2 Å². The highest BCUT2D eigenvalue weighted by atomic mass is 16.5. The van der Waals surface area contributed by atoms with Crippen molar-refractivity contribution in [3.63, 3.8) is 0 Å². The number of ether oxygens (including phenoxy) is 2. The number of hydrogen-bond acceptors (Lipinski definition) is 3. The van der Waals surface area contributed by atoms with E-state index in [0.717, 1.165) is 43.2 Å². The van der Waals surface area contributed by atoms with E-state index in [1.165, 1.54) is 0 Å². The molecule has 0 fully saturated rings. The predicted molar refractivity (Wildman–Crippen MR) is 70.0 cm³/mol. The Balaban J connectivity index is 2.30. The molecular weight excluding hydrogens is 214 g/mol. The van der Waals surface area contributed by atoms with E-state index >= 15 is 0 Å². The monoisotopic (exact) mass is 235 g/mol. The molecule has 94 valence electrons. The first-order chi connectivity index (χ1) is 8.12. The van der Waals surface area contributed by atoms with E-state index in [0.29, 0.717) is 0 Å². The summed E-state index contributed by atoms with van der Waals surface area (Å²) in [6.45, 7) is 7.98. The van der Waals surface area contributed by atoms with Gasteiger partial charge in [-0.2, -0.15) is 0 Å². The molecule has 0 amide bonds. The summed E-state index contributed by atoms with van der Waals surface area (Å²) in [5, 5.41) is 3.39. The van der Waals surface area contributed by atoms with Crippen molar-refractivity contribution in [3.8, 4) is 11.5 Å². The normalized spacial score (nSPS) is 17.4. The van der Waals surface area contributed by atoms with Gasteiger partial charge in [0.1, 0.15) is 5.60 Å². The third-order valence-electron chi connectivity index (χ3n) is 2.86. The molecular formula is C14H21NO2. The van der Waals surface area contributed by atoms with Gasteiger partial charge < -0.3 is 14.8 Å². The smallest absolute Gasteiger partial charge is 0.185 e. The second-order valence-corrected chi connectivity index (χ2v) is 5.02. The van der Waals surface area contributed by atoms with Crippen LogP contribution in [0.1, 0.15) is 33.6 Å². The quantitative estimate of drug-likeness (QED) is 0.870. The third kappa shape index (κ3) is 2.84. The molecule has 0 atom stereocenters. The lowest BCUT2D eigenvalue weighted by molar-refractivity contribution is 0.103. The van der Waals surface area contributed by atoms with Crippen molar-refractivity contribution >= 4 is 5.69 Å². The molecule has 3 heteroatoms. The first kappa shape index (κ1) is 12.1. The molecule has 1 aliphatic rings. The summed E-state index contributed by atoms with van der Waals surface area (Å²) in [6, 6.07) is 6.01. The predicted octanol–water partition coefficient (Wildman–Crippen LogP) is 3.45. The number of nitrogens with one attached hydrogen (secondary N) is 1. The SMILES string of the molecule is CCCOc1cccc2c1OC(C)(C)CCN2. The maximum Gasteiger partial charge on any atom is 0.185 e. The highest BCUT2D eigenvalue weighted by Crippen LogP contribution is 2.40. The summed E-state index contributed by atoms with van der Waals surface area (Å²) in [5.41, 5.74) is 0.883. The first-order valence-corrected chi connectivity index (χ1v) is 6.31. The van der Waals surface area contributed by atoms with E-state index in [-0.39, 0.29) is 5.60 Å². The van der Waals surface area contributed by atoms with Crippen LogP contribution in [0.25, 0.3) is 0 Å². The molecule has 0 radical (unpaired) electrons. The van der Waals surface area contributed by atoms with Gasteiger partial charge in [0.05, 0.1) is 12.3 Å². The summed E-state index contributed by atoms with van der Waals surface area (Å²) < 4.78 is 11.8. The third-order valence-corrected chi connectivity index (χ3v) is 2.86. The summed E-state index contributed by atoms with van der Waals surface area (Å²) in [7, 11) is 0. The minimum Gasteiger partial charge on any atom is -0.490 e. The van der Waals surface area contributed by atoms with E-state index in [1.54, 1.807) is 0 Å². The molecule has 1 aromatic carbocycles. The highest BCUT2D eigenvalue weighted by molar-refractivity contribution is 5.64. The largest absolute Gasteiger partial charge is 0.490 e. The molecule has 1 heterocycles.